The quantitative estimate of drug-likeness (QED) is 0.568. The Hall–Kier alpha value is -2.04. The zero-order valence-corrected chi connectivity index (χ0v) is 9.06. The first-order chi connectivity index (χ1) is 7.65. The summed E-state index contributed by atoms with van der Waals surface area (Å²) in [7, 11) is 1.44. The third-order valence-corrected chi connectivity index (χ3v) is 1.67. The predicted octanol–water partition coefficient (Wildman–Crippen LogP) is 1.22. The van der Waals surface area contributed by atoms with Crippen molar-refractivity contribution < 1.29 is 18.7 Å². The van der Waals surface area contributed by atoms with Crippen LogP contribution in [0.3, 0.4) is 0 Å². The molecule has 0 saturated carbocycles. The Morgan fingerprint density at radius 1 is 1.50 bits per heavy atom. The summed E-state index contributed by atoms with van der Waals surface area (Å²) in [6.45, 7) is 2.00. The minimum Gasteiger partial charge on any atom is -0.496 e. The van der Waals surface area contributed by atoms with Crippen molar-refractivity contribution in [3.05, 3.63) is 34.4 Å². The smallest absolute Gasteiger partial charge is 0.339 e. The highest BCUT2D eigenvalue weighted by molar-refractivity contribution is 5.86. The molecular formula is C11H12O5. The van der Waals surface area contributed by atoms with Crippen LogP contribution < -0.4 is 10.4 Å². The van der Waals surface area contributed by atoms with E-state index in [-0.39, 0.29) is 5.76 Å². The molecule has 86 valence electrons. The van der Waals surface area contributed by atoms with E-state index in [4.69, 9.17) is 9.15 Å². The average molecular weight is 224 g/mol. The van der Waals surface area contributed by atoms with Gasteiger partial charge in [0.05, 0.1) is 19.8 Å². The molecule has 5 nitrogen and oxygen atoms in total. The third-order valence-electron chi connectivity index (χ3n) is 1.67. The normalized spacial score (nSPS) is 10.4. The van der Waals surface area contributed by atoms with E-state index in [1.165, 1.54) is 31.4 Å². The molecule has 0 fully saturated rings. The first-order valence-electron chi connectivity index (χ1n) is 4.69. The molecule has 1 rings (SSSR count). The van der Waals surface area contributed by atoms with Crippen molar-refractivity contribution in [1.29, 1.82) is 0 Å². The second-order valence-electron chi connectivity index (χ2n) is 2.80. The number of hydrogen-bond acceptors (Lipinski definition) is 5. The summed E-state index contributed by atoms with van der Waals surface area (Å²) in [5.41, 5.74) is -0.539. The van der Waals surface area contributed by atoms with Crippen molar-refractivity contribution in [2.24, 2.45) is 0 Å². The lowest BCUT2D eigenvalue weighted by Crippen LogP contribution is -2.00. The SMILES string of the molecule is CCOC(=O)/C=C/c1cc(OC)cc(=O)o1. The predicted molar refractivity (Wildman–Crippen MR) is 57.2 cm³/mol. The highest BCUT2D eigenvalue weighted by Crippen LogP contribution is 2.10. The van der Waals surface area contributed by atoms with Gasteiger partial charge in [0.25, 0.3) is 0 Å². The van der Waals surface area contributed by atoms with Crippen LogP contribution in [0.2, 0.25) is 0 Å². The van der Waals surface area contributed by atoms with Crippen LogP contribution >= 0.6 is 0 Å². The molecule has 5 heteroatoms. The van der Waals surface area contributed by atoms with E-state index in [1.807, 2.05) is 0 Å². The first kappa shape index (κ1) is 12.0. The lowest BCUT2D eigenvalue weighted by molar-refractivity contribution is -0.137. The van der Waals surface area contributed by atoms with E-state index in [1.54, 1.807) is 6.92 Å². The Labute approximate surface area is 92.3 Å². The number of ether oxygens (including phenoxy) is 2. The zero-order chi connectivity index (χ0) is 12.0. The first-order valence-corrected chi connectivity index (χ1v) is 4.69. The fraction of sp³-hybridized carbons (Fsp3) is 0.273. The lowest BCUT2D eigenvalue weighted by Gasteiger charge is -1.98. The Kier molecular flexibility index (Phi) is 4.32. The summed E-state index contributed by atoms with van der Waals surface area (Å²) >= 11 is 0. The Balaban J connectivity index is 2.84. The van der Waals surface area contributed by atoms with E-state index in [2.05, 4.69) is 4.74 Å². The van der Waals surface area contributed by atoms with Gasteiger partial charge in [0.2, 0.25) is 0 Å². The van der Waals surface area contributed by atoms with Crippen LogP contribution in [0, 0.1) is 0 Å². The molecule has 0 aromatic carbocycles. The number of methoxy groups -OCH3 is 1. The number of carbonyl (C=O) groups is 1. The Morgan fingerprint density at radius 3 is 2.88 bits per heavy atom. The van der Waals surface area contributed by atoms with Gasteiger partial charge < -0.3 is 13.9 Å². The van der Waals surface area contributed by atoms with Gasteiger partial charge in [0, 0.05) is 12.1 Å². The molecule has 16 heavy (non-hydrogen) atoms. The van der Waals surface area contributed by atoms with Crippen LogP contribution in [0.5, 0.6) is 5.75 Å². The number of carbonyl (C=O) groups excluding carboxylic acids is 1. The van der Waals surface area contributed by atoms with Gasteiger partial charge in [-0.3, -0.25) is 0 Å². The van der Waals surface area contributed by atoms with Crippen LogP contribution in [0.25, 0.3) is 6.08 Å². The van der Waals surface area contributed by atoms with Crippen LogP contribution in [0.15, 0.2) is 27.4 Å². The van der Waals surface area contributed by atoms with Crippen molar-refractivity contribution in [2.75, 3.05) is 13.7 Å². The Bertz CT molecular complexity index is 444. The number of hydrogen-bond donors (Lipinski definition) is 0. The van der Waals surface area contributed by atoms with Crippen LogP contribution in [0.4, 0.5) is 0 Å². The van der Waals surface area contributed by atoms with Crippen molar-refractivity contribution in [3.8, 4) is 5.75 Å². The topological polar surface area (TPSA) is 65.7 Å². The maximum Gasteiger partial charge on any atom is 0.339 e. The van der Waals surface area contributed by atoms with Gasteiger partial charge in [0.1, 0.15) is 11.5 Å². The van der Waals surface area contributed by atoms with Crippen molar-refractivity contribution in [3.63, 3.8) is 0 Å². The highest BCUT2D eigenvalue weighted by atomic mass is 16.5. The van der Waals surface area contributed by atoms with Gasteiger partial charge in [-0.1, -0.05) is 0 Å². The second kappa shape index (κ2) is 5.75. The second-order valence-corrected chi connectivity index (χ2v) is 2.80. The van der Waals surface area contributed by atoms with E-state index >= 15 is 0 Å². The van der Waals surface area contributed by atoms with Gasteiger partial charge in [-0.25, -0.2) is 9.59 Å². The monoisotopic (exact) mass is 224 g/mol. The van der Waals surface area contributed by atoms with Crippen molar-refractivity contribution in [1.82, 2.24) is 0 Å². The minimum absolute atomic E-state index is 0.234. The minimum atomic E-state index is -0.539. The molecule has 0 amide bonds. The summed E-state index contributed by atoms with van der Waals surface area (Å²) in [6, 6.07) is 2.71. The van der Waals surface area contributed by atoms with Gasteiger partial charge in [-0.05, 0) is 13.0 Å². The molecule has 0 aliphatic heterocycles. The summed E-state index contributed by atoms with van der Waals surface area (Å²) in [5.74, 6) is 0.116. The van der Waals surface area contributed by atoms with Gasteiger partial charge in [-0.2, -0.15) is 0 Å². The molecule has 0 atom stereocenters. The molecule has 0 N–H and O–H groups in total. The number of esters is 1. The van der Waals surface area contributed by atoms with Gasteiger partial charge >= 0.3 is 11.6 Å². The van der Waals surface area contributed by atoms with Gasteiger partial charge in [-0.15, -0.1) is 0 Å². The van der Waals surface area contributed by atoms with Crippen LogP contribution in [0.1, 0.15) is 12.7 Å². The van der Waals surface area contributed by atoms with E-state index < -0.39 is 11.6 Å². The standard InChI is InChI=1S/C11H12O5/c1-3-15-10(12)5-4-8-6-9(14-2)7-11(13)16-8/h4-7H,3H2,1-2H3/b5-4+. The zero-order valence-electron chi connectivity index (χ0n) is 9.06. The fourth-order valence-electron chi connectivity index (χ4n) is 1.01. The molecule has 0 aliphatic carbocycles. The summed E-state index contributed by atoms with van der Waals surface area (Å²) < 4.78 is 14.4. The molecule has 1 heterocycles. The number of rotatable bonds is 4. The maximum atomic E-state index is 11.0. The molecule has 1 aromatic heterocycles. The Morgan fingerprint density at radius 2 is 2.25 bits per heavy atom. The lowest BCUT2D eigenvalue weighted by atomic mass is 10.3. The third kappa shape index (κ3) is 3.61. The van der Waals surface area contributed by atoms with Crippen LogP contribution in [-0.4, -0.2) is 19.7 Å². The summed E-state index contributed by atoms with van der Waals surface area (Å²) in [4.78, 5) is 22.0. The van der Waals surface area contributed by atoms with Crippen LogP contribution in [-0.2, 0) is 9.53 Å². The van der Waals surface area contributed by atoms with E-state index in [0.29, 0.717) is 12.4 Å². The fourth-order valence-corrected chi connectivity index (χ4v) is 1.01. The maximum absolute atomic E-state index is 11.0. The average Bonchev–Trinajstić information content (AvgIpc) is 2.26. The summed E-state index contributed by atoms with van der Waals surface area (Å²) in [5, 5.41) is 0. The largest absolute Gasteiger partial charge is 0.496 e. The van der Waals surface area contributed by atoms with Gasteiger partial charge in [0.15, 0.2) is 0 Å². The van der Waals surface area contributed by atoms with E-state index in [9.17, 15) is 9.59 Å². The molecule has 0 radical (unpaired) electrons. The molecular weight excluding hydrogens is 212 g/mol. The summed E-state index contributed by atoms with van der Waals surface area (Å²) in [6.07, 6.45) is 2.53. The molecule has 0 saturated heterocycles. The molecule has 0 unspecified atom stereocenters. The van der Waals surface area contributed by atoms with Crippen molar-refractivity contribution in [2.45, 2.75) is 6.92 Å². The molecule has 0 spiro atoms. The van der Waals surface area contributed by atoms with E-state index in [0.717, 1.165) is 0 Å². The molecule has 0 bridgehead atoms. The highest BCUT2D eigenvalue weighted by Gasteiger charge is 2.00. The molecule has 1 aromatic rings. The molecule has 0 aliphatic rings. The van der Waals surface area contributed by atoms with Crippen molar-refractivity contribution >= 4 is 12.0 Å².